The third-order valence-electron chi connectivity index (χ3n) is 5.58. The van der Waals surface area contributed by atoms with Gasteiger partial charge in [-0.15, -0.1) is 0 Å². The number of aryl methyl sites for hydroxylation is 1. The molecule has 0 aromatic carbocycles. The van der Waals surface area contributed by atoms with Crippen molar-refractivity contribution >= 4 is 34.8 Å². The number of pyridine rings is 2. The second-order valence-electron chi connectivity index (χ2n) is 7.72. The number of hydrogen-bond donors (Lipinski definition) is 2. The Bertz CT molecular complexity index is 1070. The number of halogens is 1. The minimum atomic E-state index is -1.08. The average molecular weight is 410 g/mol. The number of carbonyl (C=O) groups is 2. The number of carbonyl (C=O) groups excluding carboxylic acids is 2. The fraction of sp³-hybridized carbons (Fsp3) is 0.364. The van der Waals surface area contributed by atoms with Crippen LogP contribution in [0.25, 0.3) is 11.6 Å². The van der Waals surface area contributed by atoms with Gasteiger partial charge in [-0.1, -0.05) is 6.92 Å². The van der Waals surface area contributed by atoms with Gasteiger partial charge in [0, 0.05) is 48.6 Å². The molecule has 0 bridgehead atoms. The maximum Gasteiger partial charge on any atom is 0.231 e. The summed E-state index contributed by atoms with van der Waals surface area (Å²) in [6.45, 7) is 3.66. The molecule has 0 radical (unpaired) electrons. The lowest BCUT2D eigenvalue weighted by Gasteiger charge is -2.33. The molecule has 8 heteroatoms. The van der Waals surface area contributed by atoms with Gasteiger partial charge in [-0.3, -0.25) is 14.6 Å². The number of likely N-dealkylation sites (N-methyl/N-ethyl adjacent to an activating group) is 1. The van der Waals surface area contributed by atoms with Crippen LogP contribution in [0, 0.1) is 12.8 Å². The normalized spacial score (nSPS) is 22.2. The lowest BCUT2D eigenvalue weighted by atomic mass is 9.94. The van der Waals surface area contributed by atoms with E-state index in [1.165, 1.54) is 0 Å². The van der Waals surface area contributed by atoms with Crippen LogP contribution in [0.3, 0.4) is 0 Å². The van der Waals surface area contributed by atoms with E-state index in [0.717, 1.165) is 16.7 Å². The third kappa shape index (κ3) is 3.59. The number of aromatic nitrogens is 2. The number of ketones is 1. The minimum Gasteiger partial charge on any atom is -0.369 e. The molecule has 2 aliphatic rings. The Balaban J connectivity index is 1.65. The molecule has 1 aliphatic heterocycles. The predicted octanol–water partition coefficient (Wildman–Crippen LogP) is 2.98. The fourth-order valence-electron chi connectivity index (χ4n) is 3.59. The molecule has 0 spiro atoms. The summed E-state index contributed by atoms with van der Waals surface area (Å²) in [6, 6.07) is 3.39. The number of nitrogens with one attached hydrogen (secondary N) is 1. The largest absolute Gasteiger partial charge is 0.369 e. The van der Waals surface area contributed by atoms with Crippen LogP contribution in [0.5, 0.6) is 0 Å². The van der Waals surface area contributed by atoms with Crippen LogP contribution in [0.1, 0.15) is 46.9 Å². The van der Waals surface area contributed by atoms with Crippen molar-refractivity contribution in [2.75, 3.05) is 17.3 Å². The molecular weight excluding hydrogens is 387 g/mol. The quantitative estimate of drug-likeness (QED) is 0.736. The van der Waals surface area contributed by atoms with Gasteiger partial charge < -0.3 is 15.3 Å². The third-order valence-corrected chi connectivity index (χ3v) is 5.58. The molecule has 3 heterocycles. The fourth-order valence-corrected chi connectivity index (χ4v) is 3.59. The van der Waals surface area contributed by atoms with E-state index in [9.17, 15) is 19.1 Å². The van der Waals surface area contributed by atoms with Gasteiger partial charge in [-0.05, 0) is 31.1 Å². The van der Waals surface area contributed by atoms with Gasteiger partial charge in [0.2, 0.25) is 5.91 Å². The molecule has 0 saturated heterocycles. The van der Waals surface area contributed by atoms with Crippen molar-refractivity contribution in [3.8, 4) is 0 Å². The highest BCUT2D eigenvalue weighted by atomic mass is 19.1. The molecule has 7 nitrogen and oxygen atoms in total. The zero-order chi connectivity index (χ0) is 21.6. The minimum absolute atomic E-state index is 0.0330. The second-order valence-corrected chi connectivity index (χ2v) is 7.72. The topological polar surface area (TPSA) is 95.4 Å². The van der Waals surface area contributed by atoms with Crippen molar-refractivity contribution < 1.29 is 19.1 Å². The SMILES string of the molecule is CCC(=O)c1cc(C)c(C2=Cc3cnc(NC(=O)[C@H]4C[C@H]4F)cc3N(C)C2O)cn1. The number of Topliss-reactive ketones (excluding diaryl/α,β-unsaturated/α-hetero) is 1. The van der Waals surface area contributed by atoms with Crippen LogP contribution in [-0.4, -0.2) is 46.2 Å². The van der Waals surface area contributed by atoms with Crippen LogP contribution in [-0.2, 0) is 4.79 Å². The van der Waals surface area contributed by atoms with Gasteiger partial charge in [-0.25, -0.2) is 9.37 Å². The Morgan fingerprint density at radius 1 is 1.30 bits per heavy atom. The molecule has 4 rings (SSSR count). The van der Waals surface area contributed by atoms with E-state index >= 15 is 0 Å². The average Bonchev–Trinajstić information content (AvgIpc) is 3.47. The molecule has 1 fully saturated rings. The lowest BCUT2D eigenvalue weighted by molar-refractivity contribution is -0.117. The molecule has 1 amide bonds. The Morgan fingerprint density at radius 2 is 2.03 bits per heavy atom. The van der Waals surface area contributed by atoms with E-state index in [4.69, 9.17) is 0 Å². The van der Waals surface area contributed by atoms with Crippen LogP contribution in [0.15, 0.2) is 24.5 Å². The Morgan fingerprint density at radius 3 is 2.67 bits per heavy atom. The number of anilines is 2. The standard InChI is InChI=1S/C22H23FN4O3/c1-4-19(28)17-5-11(2)15(10-24-17)13-6-12-9-25-20(8-18(12)27(3)22(13)30)26-21(29)14-7-16(14)23/h5-6,8-10,14,16,22,30H,4,7H2,1-3H3,(H,25,26,29)/t14-,16+,22?/m0/s1. The molecule has 156 valence electrons. The lowest BCUT2D eigenvalue weighted by Crippen LogP contribution is -2.35. The number of rotatable bonds is 5. The van der Waals surface area contributed by atoms with Crippen LogP contribution in [0.2, 0.25) is 0 Å². The van der Waals surface area contributed by atoms with Gasteiger partial charge >= 0.3 is 0 Å². The van der Waals surface area contributed by atoms with E-state index in [-0.39, 0.29) is 18.1 Å². The first-order chi connectivity index (χ1) is 14.3. The highest BCUT2D eigenvalue weighted by Gasteiger charge is 2.43. The van der Waals surface area contributed by atoms with E-state index in [0.29, 0.717) is 29.2 Å². The number of amides is 1. The van der Waals surface area contributed by atoms with Gasteiger partial charge in [-0.2, -0.15) is 0 Å². The molecular formula is C22H23FN4O3. The van der Waals surface area contributed by atoms with Gasteiger partial charge in [0.25, 0.3) is 0 Å². The maximum absolute atomic E-state index is 13.1. The number of aliphatic hydroxyl groups excluding tert-OH is 1. The predicted molar refractivity (Wildman–Crippen MR) is 112 cm³/mol. The van der Waals surface area contributed by atoms with Crippen molar-refractivity contribution in [3.63, 3.8) is 0 Å². The number of fused-ring (bicyclic) bond motifs is 1. The maximum atomic E-state index is 13.1. The van der Waals surface area contributed by atoms with Gasteiger partial charge in [0.15, 0.2) is 12.0 Å². The highest BCUT2D eigenvalue weighted by molar-refractivity contribution is 5.97. The number of hydrogen-bond acceptors (Lipinski definition) is 6. The molecule has 2 aromatic rings. The van der Waals surface area contributed by atoms with Crippen molar-refractivity contribution in [1.29, 1.82) is 0 Å². The summed E-state index contributed by atoms with van der Waals surface area (Å²) in [5.41, 5.74) is 4.08. The molecule has 1 saturated carbocycles. The smallest absolute Gasteiger partial charge is 0.231 e. The van der Waals surface area contributed by atoms with E-state index in [2.05, 4.69) is 15.3 Å². The molecule has 30 heavy (non-hydrogen) atoms. The molecule has 2 N–H and O–H groups in total. The number of aliphatic hydroxyl groups is 1. The number of nitrogens with zero attached hydrogens (tertiary/aromatic N) is 3. The first-order valence-electron chi connectivity index (χ1n) is 9.87. The van der Waals surface area contributed by atoms with Gasteiger partial charge in [0.05, 0.1) is 11.6 Å². The van der Waals surface area contributed by atoms with Crippen molar-refractivity contribution in [1.82, 2.24) is 9.97 Å². The zero-order valence-electron chi connectivity index (χ0n) is 17.0. The Hall–Kier alpha value is -3.13. The monoisotopic (exact) mass is 410 g/mol. The summed E-state index contributed by atoms with van der Waals surface area (Å²) in [5, 5.41) is 13.5. The van der Waals surface area contributed by atoms with Crippen LogP contribution >= 0.6 is 0 Å². The summed E-state index contributed by atoms with van der Waals surface area (Å²) in [5.74, 6) is -0.701. The van der Waals surface area contributed by atoms with Crippen molar-refractivity contribution in [2.45, 2.75) is 39.1 Å². The van der Waals surface area contributed by atoms with Crippen LogP contribution < -0.4 is 10.2 Å². The zero-order valence-corrected chi connectivity index (χ0v) is 17.0. The van der Waals surface area contributed by atoms with E-state index in [1.807, 2.05) is 13.0 Å². The molecule has 1 unspecified atom stereocenters. The van der Waals surface area contributed by atoms with E-state index in [1.54, 1.807) is 43.4 Å². The first kappa shape index (κ1) is 20.2. The summed E-state index contributed by atoms with van der Waals surface area (Å²) < 4.78 is 13.1. The van der Waals surface area contributed by atoms with Crippen molar-refractivity contribution in [3.05, 3.63) is 46.9 Å². The summed E-state index contributed by atoms with van der Waals surface area (Å²) in [7, 11) is 1.73. The van der Waals surface area contributed by atoms with Gasteiger partial charge in [0.1, 0.15) is 17.7 Å². The molecule has 2 aromatic heterocycles. The second kappa shape index (κ2) is 7.60. The Labute approximate surface area is 173 Å². The number of alkyl halides is 1. The Kier molecular flexibility index (Phi) is 5.11. The molecule has 3 atom stereocenters. The summed E-state index contributed by atoms with van der Waals surface area (Å²) >= 11 is 0. The molecule has 1 aliphatic carbocycles. The summed E-state index contributed by atoms with van der Waals surface area (Å²) in [4.78, 5) is 34.1. The van der Waals surface area contributed by atoms with Crippen LogP contribution in [0.4, 0.5) is 15.9 Å². The summed E-state index contributed by atoms with van der Waals surface area (Å²) in [6.07, 6.45) is 3.63. The first-order valence-corrected chi connectivity index (χ1v) is 9.87. The van der Waals surface area contributed by atoms with Crippen molar-refractivity contribution in [2.24, 2.45) is 5.92 Å². The highest BCUT2D eigenvalue weighted by Crippen LogP contribution is 2.38. The van der Waals surface area contributed by atoms with E-state index < -0.39 is 18.3 Å².